The van der Waals surface area contributed by atoms with Crippen LogP contribution in [0.3, 0.4) is 0 Å². The van der Waals surface area contributed by atoms with Crippen LogP contribution in [0, 0.1) is 5.92 Å². The zero-order valence-electron chi connectivity index (χ0n) is 14.0. The van der Waals surface area contributed by atoms with Crippen LogP contribution in [-0.2, 0) is 10.2 Å². The molecule has 1 aromatic rings. The van der Waals surface area contributed by atoms with Gasteiger partial charge >= 0.3 is 0 Å². The molecule has 0 aromatic heterocycles. The van der Waals surface area contributed by atoms with Gasteiger partial charge in [-0.05, 0) is 37.0 Å². The van der Waals surface area contributed by atoms with E-state index in [4.69, 9.17) is 16.3 Å². The first kappa shape index (κ1) is 16.6. The lowest BCUT2D eigenvalue weighted by atomic mass is 9.96. The SMILES string of the molecule is CN=C(NCC1(c2cccc(Cl)c2)CC1)N(C)CC1CCOC1. The number of aliphatic imine (C=N–C) groups is 1. The fraction of sp³-hybridized carbons (Fsp3) is 0.611. The normalized spacial score (nSPS) is 22.9. The Morgan fingerprint density at radius 1 is 1.48 bits per heavy atom. The van der Waals surface area contributed by atoms with Crippen LogP contribution in [0.2, 0.25) is 5.02 Å². The topological polar surface area (TPSA) is 36.9 Å². The maximum Gasteiger partial charge on any atom is 0.193 e. The molecule has 0 spiro atoms. The number of nitrogens with zero attached hydrogens (tertiary/aromatic N) is 2. The average molecular weight is 336 g/mol. The highest BCUT2D eigenvalue weighted by molar-refractivity contribution is 6.30. The summed E-state index contributed by atoms with van der Waals surface area (Å²) in [5, 5.41) is 4.37. The van der Waals surface area contributed by atoms with E-state index in [2.05, 4.69) is 34.4 Å². The molecule has 5 heteroatoms. The first-order valence-corrected chi connectivity index (χ1v) is 8.76. The number of hydrogen-bond acceptors (Lipinski definition) is 2. The van der Waals surface area contributed by atoms with Gasteiger partial charge in [0.25, 0.3) is 0 Å². The lowest BCUT2D eigenvalue weighted by molar-refractivity contribution is 0.181. The van der Waals surface area contributed by atoms with Crippen molar-refractivity contribution in [2.75, 3.05) is 40.4 Å². The lowest BCUT2D eigenvalue weighted by Gasteiger charge is -2.26. The monoisotopic (exact) mass is 335 g/mol. The van der Waals surface area contributed by atoms with E-state index in [9.17, 15) is 0 Å². The molecule has 126 valence electrons. The molecule has 1 N–H and O–H groups in total. The Hall–Kier alpha value is -1.26. The zero-order chi connectivity index (χ0) is 16.3. The van der Waals surface area contributed by atoms with Gasteiger partial charge in [0.2, 0.25) is 0 Å². The van der Waals surface area contributed by atoms with Gasteiger partial charge in [-0.25, -0.2) is 0 Å². The highest BCUT2D eigenvalue weighted by Gasteiger charge is 2.44. The van der Waals surface area contributed by atoms with Crippen molar-refractivity contribution in [3.8, 4) is 0 Å². The summed E-state index contributed by atoms with van der Waals surface area (Å²) in [6.07, 6.45) is 3.56. The van der Waals surface area contributed by atoms with Crippen LogP contribution in [0.5, 0.6) is 0 Å². The van der Waals surface area contributed by atoms with Crippen molar-refractivity contribution < 1.29 is 4.74 Å². The Morgan fingerprint density at radius 3 is 2.91 bits per heavy atom. The van der Waals surface area contributed by atoms with E-state index in [0.717, 1.165) is 43.7 Å². The third kappa shape index (κ3) is 3.99. The van der Waals surface area contributed by atoms with Crippen molar-refractivity contribution in [2.24, 2.45) is 10.9 Å². The van der Waals surface area contributed by atoms with Gasteiger partial charge < -0.3 is 15.0 Å². The Balaban J connectivity index is 1.57. The van der Waals surface area contributed by atoms with Gasteiger partial charge in [0.1, 0.15) is 0 Å². The standard InChI is InChI=1S/C18H26ClN3O/c1-20-17(22(2)11-14-6-9-23-12-14)21-13-18(7-8-18)15-4-3-5-16(19)10-15/h3-5,10,14H,6-9,11-13H2,1-2H3,(H,20,21). The van der Waals surface area contributed by atoms with Gasteiger partial charge in [0, 0.05) is 50.1 Å². The zero-order valence-corrected chi connectivity index (χ0v) is 14.8. The molecule has 4 nitrogen and oxygen atoms in total. The molecule has 1 heterocycles. The van der Waals surface area contributed by atoms with Crippen LogP contribution in [0.1, 0.15) is 24.8 Å². The lowest BCUT2D eigenvalue weighted by Crippen LogP contribution is -2.44. The molecule has 1 saturated heterocycles. The van der Waals surface area contributed by atoms with Crippen molar-refractivity contribution in [2.45, 2.75) is 24.7 Å². The molecule has 2 aliphatic rings. The first-order chi connectivity index (χ1) is 11.1. The minimum atomic E-state index is 0.220. The van der Waals surface area contributed by atoms with E-state index in [0.29, 0.717) is 5.92 Å². The van der Waals surface area contributed by atoms with Gasteiger partial charge in [-0.15, -0.1) is 0 Å². The van der Waals surface area contributed by atoms with Crippen molar-refractivity contribution in [1.29, 1.82) is 0 Å². The summed E-state index contributed by atoms with van der Waals surface area (Å²) < 4.78 is 5.47. The van der Waals surface area contributed by atoms with Crippen LogP contribution < -0.4 is 5.32 Å². The Morgan fingerprint density at radius 2 is 2.30 bits per heavy atom. The van der Waals surface area contributed by atoms with Crippen LogP contribution in [0.15, 0.2) is 29.3 Å². The number of halogens is 1. The quantitative estimate of drug-likeness (QED) is 0.664. The predicted octanol–water partition coefficient (Wildman–Crippen LogP) is 2.92. The molecule has 1 atom stereocenters. The summed E-state index contributed by atoms with van der Waals surface area (Å²) in [4.78, 5) is 6.65. The number of rotatable bonds is 5. The number of hydrogen-bond donors (Lipinski definition) is 1. The summed E-state index contributed by atoms with van der Waals surface area (Å²) in [5.74, 6) is 1.58. The molecule has 0 amide bonds. The molecule has 0 bridgehead atoms. The predicted molar refractivity (Wildman–Crippen MR) is 95.3 cm³/mol. The van der Waals surface area contributed by atoms with Gasteiger partial charge in [-0.2, -0.15) is 0 Å². The van der Waals surface area contributed by atoms with Gasteiger partial charge in [-0.1, -0.05) is 23.7 Å². The van der Waals surface area contributed by atoms with Crippen LogP contribution in [-0.4, -0.2) is 51.3 Å². The molecule has 1 aromatic carbocycles. The fourth-order valence-corrected chi connectivity index (χ4v) is 3.56. The van der Waals surface area contributed by atoms with Gasteiger partial charge in [0.15, 0.2) is 5.96 Å². The molecule has 23 heavy (non-hydrogen) atoms. The molecular weight excluding hydrogens is 310 g/mol. The largest absolute Gasteiger partial charge is 0.381 e. The molecule has 3 rings (SSSR count). The summed E-state index contributed by atoms with van der Waals surface area (Å²) >= 11 is 6.15. The second-order valence-electron chi connectivity index (χ2n) is 6.80. The summed E-state index contributed by atoms with van der Waals surface area (Å²) in [5.41, 5.74) is 1.55. The highest BCUT2D eigenvalue weighted by atomic mass is 35.5. The number of ether oxygens (including phenoxy) is 1. The molecule has 1 aliphatic carbocycles. The summed E-state index contributed by atoms with van der Waals surface area (Å²) in [6, 6.07) is 8.26. The van der Waals surface area contributed by atoms with Crippen molar-refractivity contribution >= 4 is 17.6 Å². The number of guanidine groups is 1. The molecular formula is C18H26ClN3O. The molecule has 1 saturated carbocycles. The average Bonchev–Trinajstić information content (AvgIpc) is 3.16. The van der Waals surface area contributed by atoms with Crippen molar-refractivity contribution in [3.63, 3.8) is 0 Å². The molecule has 1 aliphatic heterocycles. The van der Waals surface area contributed by atoms with Crippen LogP contribution in [0.25, 0.3) is 0 Å². The Bertz CT molecular complexity index is 565. The van der Waals surface area contributed by atoms with E-state index in [1.807, 2.05) is 19.2 Å². The van der Waals surface area contributed by atoms with Crippen LogP contribution in [0.4, 0.5) is 0 Å². The van der Waals surface area contributed by atoms with E-state index in [1.165, 1.54) is 18.4 Å². The third-order valence-corrected chi connectivity index (χ3v) is 5.24. The maximum absolute atomic E-state index is 6.15. The van der Waals surface area contributed by atoms with Crippen molar-refractivity contribution in [3.05, 3.63) is 34.9 Å². The van der Waals surface area contributed by atoms with Crippen LogP contribution >= 0.6 is 11.6 Å². The maximum atomic E-state index is 6.15. The van der Waals surface area contributed by atoms with Gasteiger partial charge in [0.05, 0.1) is 6.61 Å². The number of benzene rings is 1. The van der Waals surface area contributed by atoms with E-state index in [-0.39, 0.29) is 5.41 Å². The molecule has 0 radical (unpaired) electrons. The fourth-order valence-electron chi connectivity index (χ4n) is 3.37. The Kier molecular flexibility index (Phi) is 5.12. The smallest absolute Gasteiger partial charge is 0.193 e. The third-order valence-electron chi connectivity index (χ3n) is 5.00. The number of nitrogens with one attached hydrogen (secondary N) is 1. The summed E-state index contributed by atoms with van der Waals surface area (Å²) in [6.45, 7) is 3.66. The minimum Gasteiger partial charge on any atom is -0.381 e. The Labute approximate surface area is 143 Å². The second-order valence-corrected chi connectivity index (χ2v) is 7.24. The van der Waals surface area contributed by atoms with Gasteiger partial charge in [-0.3, -0.25) is 4.99 Å². The first-order valence-electron chi connectivity index (χ1n) is 8.38. The second kappa shape index (κ2) is 7.10. The highest BCUT2D eigenvalue weighted by Crippen LogP contribution is 2.48. The van der Waals surface area contributed by atoms with Crippen molar-refractivity contribution in [1.82, 2.24) is 10.2 Å². The molecule has 1 unspecified atom stereocenters. The van der Waals surface area contributed by atoms with E-state index in [1.54, 1.807) is 0 Å². The van der Waals surface area contributed by atoms with E-state index >= 15 is 0 Å². The summed E-state index contributed by atoms with van der Waals surface area (Å²) in [7, 11) is 3.95. The minimum absolute atomic E-state index is 0.220. The van der Waals surface area contributed by atoms with E-state index < -0.39 is 0 Å². The molecule has 2 fully saturated rings.